The Morgan fingerprint density at radius 3 is 2.81 bits per heavy atom. The highest BCUT2D eigenvalue weighted by molar-refractivity contribution is 7.89. The monoisotopic (exact) mass is 307 g/mol. The first-order chi connectivity index (χ1) is 9.95. The molecule has 0 amide bonds. The van der Waals surface area contributed by atoms with Crippen LogP contribution in [-0.4, -0.2) is 18.0 Å². The minimum atomic E-state index is -3.68. The standard InChI is InChI=1S/C14H17N3O3S/c1-10-6-13(21(15,18)19)4-5-14(10)20-8-12-7-16-9-17(12)11-2-3-11/h4-7,9,11H,2-3,8H2,1H3,(H2,15,18,19). The summed E-state index contributed by atoms with van der Waals surface area (Å²) in [5.74, 6) is 0.644. The summed E-state index contributed by atoms with van der Waals surface area (Å²) in [5.41, 5.74) is 1.76. The molecular formula is C14H17N3O3S. The number of hydrogen-bond donors (Lipinski definition) is 1. The van der Waals surface area contributed by atoms with E-state index in [9.17, 15) is 8.42 Å². The predicted molar refractivity (Wildman–Crippen MR) is 77.4 cm³/mol. The van der Waals surface area contributed by atoms with Gasteiger partial charge in [-0.15, -0.1) is 0 Å². The largest absolute Gasteiger partial charge is 0.487 e. The van der Waals surface area contributed by atoms with Crippen molar-refractivity contribution in [1.29, 1.82) is 0 Å². The van der Waals surface area contributed by atoms with Gasteiger partial charge in [-0.1, -0.05) is 0 Å². The Morgan fingerprint density at radius 2 is 2.19 bits per heavy atom. The molecule has 7 heteroatoms. The summed E-state index contributed by atoms with van der Waals surface area (Å²) in [5, 5.41) is 5.11. The number of aromatic nitrogens is 2. The molecule has 0 saturated heterocycles. The Labute approximate surface area is 123 Å². The number of hydrogen-bond acceptors (Lipinski definition) is 4. The van der Waals surface area contributed by atoms with Gasteiger partial charge in [-0.25, -0.2) is 18.5 Å². The molecule has 1 saturated carbocycles. The van der Waals surface area contributed by atoms with Crippen LogP contribution in [0.25, 0.3) is 0 Å². The average Bonchev–Trinajstić information content (AvgIpc) is 3.15. The van der Waals surface area contributed by atoms with E-state index in [2.05, 4.69) is 9.55 Å². The zero-order valence-corrected chi connectivity index (χ0v) is 12.5. The van der Waals surface area contributed by atoms with Crippen molar-refractivity contribution in [2.45, 2.75) is 37.3 Å². The van der Waals surface area contributed by atoms with E-state index in [0.717, 1.165) is 11.3 Å². The number of benzene rings is 1. The van der Waals surface area contributed by atoms with Gasteiger partial charge in [-0.3, -0.25) is 0 Å². The summed E-state index contributed by atoms with van der Waals surface area (Å²) in [6.07, 6.45) is 6.00. The van der Waals surface area contributed by atoms with Gasteiger partial charge in [0.1, 0.15) is 12.4 Å². The van der Waals surface area contributed by atoms with Gasteiger partial charge in [-0.2, -0.15) is 0 Å². The highest BCUT2D eigenvalue weighted by atomic mass is 32.2. The quantitative estimate of drug-likeness (QED) is 0.911. The molecule has 21 heavy (non-hydrogen) atoms. The second kappa shape index (κ2) is 5.16. The number of nitrogens with two attached hydrogens (primary N) is 1. The fraction of sp³-hybridized carbons (Fsp3) is 0.357. The van der Waals surface area contributed by atoms with Crippen molar-refractivity contribution in [2.24, 2.45) is 5.14 Å². The van der Waals surface area contributed by atoms with Gasteiger partial charge in [0, 0.05) is 6.04 Å². The van der Waals surface area contributed by atoms with Crippen LogP contribution in [0, 0.1) is 6.92 Å². The number of sulfonamides is 1. The van der Waals surface area contributed by atoms with Crippen molar-refractivity contribution in [3.8, 4) is 5.75 Å². The van der Waals surface area contributed by atoms with Gasteiger partial charge < -0.3 is 9.30 Å². The maximum atomic E-state index is 11.3. The molecule has 0 aliphatic heterocycles. The topological polar surface area (TPSA) is 87.2 Å². The molecule has 1 aromatic heterocycles. The fourth-order valence-corrected chi connectivity index (χ4v) is 2.84. The lowest BCUT2D eigenvalue weighted by Gasteiger charge is -2.11. The zero-order chi connectivity index (χ0) is 15.0. The van der Waals surface area contributed by atoms with E-state index in [1.165, 1.54) is 25.0 Å². The number of aryl methyl sites for hydroxylation is 1. The Kier molecular flexibility index (Phi) is 3.46. The number of ether oxygens (including phenoxy) is 1. The lowest BCUT2D eigenvalue weighted by atomic mass is 10.2. The molecule has 1 aromatic carbocycles. The predicted octanol–water partition coefficient (Wildman–Crippen LogP) is 1.75. The van der Waals surface area contributed by atoms with Gasteiger partial charge in [0.15, 0.2) is 0 Å². The van der Waals surface area contributed by atoms with Gasteiger partial charge in [0.25, 0.3) is 0 Å². The van der Waals surface area contributed by atoms with Crippen molar-refractivity contribution in [1.82, 2.24) is 9.55 Å². The van der Waals surface area contributed by atoms with E-state index in [4.69, 9.17) is 9.88 Å². The molecule has 2 aromatic rings. The maximum Gasteiger partial charge on any atom is 0.238 e. The van der Waals surface area contributed by atoms with E-state index in [0.29, 0.717) is 18.4 Å². The molecule has 6 nitrogen and oxygen atoms in total. The molecule has 3 rings (SSSR count). The van der Waals surface area contributed by atoms with Crippen molar-refractivity contribution in [2.75, 3.05) is 0 Å². The number of rotatable bonds is 5. The van der Waals surface area contributed by atoms with Gasteiger partial charge in [-0.05, 0) is 43.5 Å². The maximum absolute atomic E-state index is 11.3. The minimum absolute atomic E-state index is 0.0929. The molecular weight excluding hydrogens is 290 g/mol. The van der Waals surface area contributed by atoms with Gasteiger partial charge >= 0.3 is 0 Å². The van der Waals surface area contributed by atoms with Crippen LogP contribution >= 0.6 is 0 Å². The van der Waals surface area contributed by atoms with Crippen LogP contribution in [0.5, 0.6) is 5.75 Å². The Hall–Kier alpha value is -1.86. The molecule has 2 N–H and O–H groups in total. The average molecular weight is 307 g/mol. The third kappa shape index (κ3) is 3.08. The van der Waals surface area contributed by atoms with Crippen LogP contribution in [0.3, 0.4) is 0 Å². The first kappa shape index (κ1) is 14.1. The fourth-order valence-electron chi connectivity index (χ4n) is 2.24. The molecule has 112 valence electrons. The van der Waals surface area contributed by atoms with Crippen LogP contribution in [-0.2, 0) is 16.6 Å². The van der Waals surface area contributed by atoms with E-state index in [1.807, 2.05) is 6.33 Å². The minimum Gasteiger partial charge on any atom is -0.487 e. The Morgan fingerprint density at radius 1 is 1.43 bits per heavy atom. The van der Waals surface area contributed by atoms with Crippen molar-refractivity contribution in [3.05, 3.63) is 42.0 Å². The summed E-state index contributed by atoms with van der Waals surface area (Å²) >= 11 is 0. The molecule has 1 fully saturated rings. The summed E-state index contributed by atoms with van der Waals surface area (Å²) in [6, 6.07) is 5.16. The third-order valence-electron chi connectivity index (χ3n) is 3.54. The van der Waals surface area contributed by atoms with Crippen LogP contribution in [0.15, 0.2) is 35.6 Å². The van der Waals surface area contributed by atoms with Crippen LogP contribution in [0.4, 0.5) is 0 Å². The van der Waals surface area contributed by atoms with Crippen LogP contribution in [0.1, 0.15) is 30.1 Å². The smallest absolute Gasteiger partial charge is 0.238 e. The van der Waals surface area contributed by atoms with E-state index < -0.39 is 10.0 Å². The second-order valence-corrected chi connectivity index (χ2v) is 6.85. The van der Waals surface area contributed by atoms with Crippen molar-refractivity contribution >= 4 is 10.0 Å². The molecule has 0 radical (unpaired) electrons. The van der Waals surface area contributed by atoms with E-state index >= 15 is 0 Å². The number of imidazole rings is 1. The third-order valence-corrected chi connectivity index (χ3v) is 4.45. The molecule has 0 bridgehead atoms. The van der Waals surface area contributed by atoms with Crippen LogP contribution < -0.4 is 9.88 Å². The summed E-state index contributed by atoms with van der Waals surface area (Å²) in [4.78, 5) is 4.24. The number of primary sulfonamides is 1. The molecule has 1 aliphatic rings. The molecule has 1 heterocycles. The molecule has 0 spiro atoms. The normalized spacial score (nSPS) is 15.1. The molecule has 0 unspecified atom stereocenters. The highest BCUT2D eigenvalue weighted by Gasteiger charge is 2.25. The Balaban J connectivity index is 1.74. The summed E-state index contributed by atoms with van der Waals surface area (Å²) in [6.45, 7) is 2.20. The highest BCUT2D eigenvalue weighted by Crippen LogP contribution is 2.35. The van der Waals surface area contributed by atoms with E-state index in [1.54, 1.807) is 19.2 Å². The lowest BCUT2D eigenvalue weighted by molar-refractivity contribution is 0.292. The first-order valence-corrected chi connectivity index (χ1v) is 8.27. The second-order valence-electron chi connectivity index (χ2n) is 5.28. The number of nitrogens with zero attached hydrogens (tertiary/aromatic N) is 2. The Bertz CT molecular complexity index is 764. The van der Waals surface area contributed by atoms with Crippen LogP contribution in [0.2, 0.25) is 0 Å². The molecule has 0 atom stereocenters. The first-order valence-electron chi connectivity index (χ1n) is 6.72. The van der Waals surface area contributed by atoms with Crippen molar-refractivity contribution < 1.29 is 13.2 Å². The molecule has 1 aliphatic carbocycles. The zero-order valence-electron chi connectivity index (χ0n) is 11.7. The van der Waals surface area contributed by atoms with E-state index in [-0.39, 0.29) is 4.90 Å². The van der Waals surface area contributed by atoms with Crippen molar-refractivity contribution in [3.63, 3.8) is 0 Å². The SMILES string of the molecule is Cc1cc(S(N)(=O)=O)ccc1OCc1cncn1C1CC1. The summed E-state index contributed by atoms with van der Waals surface area (Å²) < 4.78 is 30.5. The lowest BCUT2D eigenvalue weighted by Crippen LogP contribution is -2.12. The van der Waals surface area contributed by atoms with Gasteiger partial charge in [0.05, 0.1) is 23.1 Å². The van der Waals surface area contributed by atoms with Gasteiger partial charge in [0.2, 0.25) is 10.0 Å². The summed E-state index contributed by atoms with van der Waals surface area (Å²) in [7, 11) is -3.68.